The molecule has 0 aliphatic heterocycles. The van der Waals surface area contributed by atoms with Crippen molar-refractivity contribution in [3.63, 3.8) is 0 Å². The number of aryl methyl sites for hydroxylation is 1. The Balaban J connectivity index is 0.000000592. The molecular formula is C19H18F3N3O. The van der Waals surface area contributed by atoms with Crippen LogP contribution < -0.4 is 11.4 Å². The highest BCUT2D eigenvalue weighted by atomic mass is 19.4. The molecule has 1 aromatic heterocycles. The maximum atomic E-state index is 13.0. The molecule has 4 nitrogen and oxygen atoms in total. The Hall–Kier alpha value is -2.83. The molecule has 0 amide bonds. The minimum atomic E-state index is -4.52. The highest BCUT2D eigenvalue weighted by Gasteiger charge is 2.31. The van der Waals surface area contributed by atoms with Gasteiger partial charge in [0.1, 0.15) is 5.82 Å². The lowest BCUT2D eigenvalue weighted by molar-refractivity contribution is -0.137. The third-order valence-electron chi connectivity index (χ3n) is 3.96. The van der Waals surface area contributed by atoms with Gasteiger partial charge in [-0.2, -0.15) is 18.2 Å². The van der Waals surface area contributed by atoms with Gasteiger partial charge in [-0.05, 0) is 36.8 Å². The van der Waals surface area contributed by atoms with Gasteiger partial charge in [0.15, 0.2) is 0 Å². The van der Waals surface area contributed by atoms with E-state index < -0.39 is 17.4 Å². The smallest absolute Gasteiger partial charge is 0.383 e. The minimum Gasteiger partial charge on any atom is -0.383 e. The Kier molecular flexibility index (Phi) is 4.71. The third kappa shape index (κ3) is 3.71. The molecule has 1 heterocycles. The van der Waals surface area contributed by atoms with E-state index in [0.717, 1.165) is 22.3 Å². The van der Waals surface area contributed by atoms with Crippen molar-refractivity contribution in [2.45, 2.75) is 32.4 Å². The molecule has 1 aliphatic carbocycles. The number of hydrogen-bond acceptors (Lipinski definition) is 3. The lowest BCUT2D eigenvalue weighted by Gasteiger charge is -2.15. The Labute approximate surface area is 148 Å². The lowest BCUT2D eigenvalue weighted by Crippen LogP contribution is -2.24. The summed E-state index contributed by atoms with van der Waals surface area (Å²) in [7, 11) is 0. The summed E-state index contributed by atoms with van der Waals surface area (Å²) in [6.07, 6.45) is -0.0150. The van der Waals surface area contributed by atoms with Crippen molar-refractivity contribution in [3.8, 4) is 5.69 Å². The fraction of sp³-hybridized carbons (Fsp3) is 0.263. The van der Waals surface area contributed by atoms with E-state index >= 15 is 0 Å². The van der Waals surface area contributed by atoms with Gasteiger partial charge in [-0.25, -0.2) is 4.79 Å². The van der Waals surface area contributed by atoms with E-state index in [1.54, 1.807) is 31.2 Å². The number of para-hydroxylation sites is 1. The van der Waals surface area contributed by atoms with Crippen LogP contribution in [0.4, 0.5) is 19.0 Å². The first-order chi connectivity index (χ1) is 12.3. The number of alkyl halides is 3. The van der Waals surface area contributed by atoms with E-state index in [1.807, 2.05) is 0 Å². The molecule has 2 N–H and O–H groups in total. The van der Waals surface area contributed by atoms with Gasteiger partial charge in [0.2, 0.25) is 0 Å². The zero-order valence-corrected chi connectivity index (χ0v) is 14.2. The normalized spacial score (nSPS) is 13.2. The topological polar surface area (TPSA) is 60.9 Å². The number of hydrogen-bond donors (Lipinski definition) is 1. The van der Waals surface area contributed by atoms with E-state index in [1.165, 1.54) is 25.3 Å². The van der Waals surface area contributed by atoms with Crippen molar-refractivity contribution >= 4 is 16.7 Å². The number of fused-ring (bicyclic) bond motifs is 1. The highest BCUT2D eigenvalue weighted by molar-refractivity contribution is 5.89. The Morgan fingerprint density at radius 2 is 1.73 bits per heavy atom. The van der Waals surface area contributed by atoms with Crippen molar-refractivity contribution in [1.82, 2.24) is 9.55 Å². The Bertz CT molecular complexity index is 1000. The second kappa shape index (κ2) is 6.82. The van der Waals surface area contributed by atoms with Crippen LogP contribution in [0.3, 0.4) is 0 Å². The predicted molar refractivity (Wildman–Crippen MR) is 95.3 cm³/mol. The first-order valence-electron chi connectivity index (χ1n) is 8.24. The van der Waals surface area contributed by atoms with Gasteiger partial charge in [0.25, 0.3) is 0 Å². The summed E-state index contributed by atoms with van der Waals surface area (Å²) in [6.45, 7) is 1.76. The molecule has 0 bridgehead atoms. The van der Waals surface area contributed by atoms with Crippen LogP contribution in [0.25, 0.3) is 16.6 Å². The fourth-order valence-electron chi connectivity index (χ4n) is 2.47. The van der Waals surface area contributed by atoms with E-state index in [2.05, 4.69) is 4.98 Å². The standard InChI is InChI=1S/C16H12F3N3O.C3H6/c1-9-4-2-3-5-12(9)22-13-8-10(16(17,18)19)6-7-11(13)14(20)21-15(22)23;1-2-3-1/h2-8H,1H3,(H2,20,21,23);1-3H2. The van der Waals surface area contributed by atoms with E-state index in [9.17, 15) is 18.0 Å². The van der Waals surface area contributed by atoms with Crippen molar-refractivity contribution < 1.29 is 13.2 Å². The van der Waals surface area contributed by atoms with Gasteiger partial charge in [0, 0.05) is 5.39 Å². The van der Waals surface area contributed by atoms with E-state index in [4.69, 9.17) is 5.73 Å². The monoisotopic (exact) mass is 361 g/mol. The maximum absolute atomic E-state index is 13.0. The second-order valence-electron chi connectivity index (χ2n) is 6.19. The molecule has 3 aromatic rings. The zero-order valence-electron chi connectivity index (χ0n) is 14.2. The summed E-state index contributed by atoms with van der Waals surface area (Å²) in [5, 5.41) is 0.292. The SMILES string of the molecule is C1CC1.Cc1ccccc1-n1c(=O)nc(N)c2ccc(C(F)(F)F)cc21. The number of nitrogens with two attached hydrogens (primary N) is 1. The number of benzene rings is 2. The van der Waals surface area contributed by atoms with Crippen molar-refractivity contribution in [2.24, 2.45) is 0 Å². The summed E-state index contributed by atoms with van der Waals surface area (Å²) in [5.74, 6) is -0.0939. The fourth-order valence-corrected chi connectivity index (χ4v) is 2.47. The molecule has 0 spiro atoms. The third-order valence-corrected chi connectivity index (χ3v) is 3.96. The van der Waals surface area contributed by atoms with Crippen molar-refractivity contribution in [3.05, 3.63) is 64.1 Å². The molecule has 4 rings (SSSR count). The number of rotatable bonds is 1. The summed E-state index contributed by atoms with van der Waals surface area (Å²) in [6, 6.07) is 9.96. The number of aromatic nitrogens is 2. The Morgan fingerprint density at radius 1 is 1.08 bits per heavy atom. The van der Waals surface area contributed by atoms with E-state index in [-0.39, 0.29) is 11.3 Å². The summed E-state index contributed by atoms with van der Waals surface area (Å²) in [4.78, 5) is 16.0. The van der Waals surface area contributed by atoms with Gasteiger partial charge < -0.3 is 5.73 Å². The predicted octanol–water partition coefficient (Wildman–Crippen LogP) is 4.47. The second-order valence-corrected chi connectivity index (χ2v) is 6.19. The van der Waals surface area contributed by atoms with Crippen LogP contribution in [0.15, 0.2) is 47.3 Å². The van der Waals surface area contributed by atoms with Crippen LogP contribution >= 0.6 is 0 Å². The number of nitrogen functional groups attached to an aromatic ring is 1. The molecule has 1 saturated carbocycles. The Morgan fingerprint density at radius 3 is 2.31 bits per heavy atom. The summed E-state index contributed by atoms with van der Waals surface area (Å²) < 4.78 is 40.1. The first-order valence-corrected chi connectivity index (χ1v) is 8.24. The average molecular weight is 361 g/mol. The molecule has 26 heavy (non-hydrogen) atoms. The minimum absolute atomic E-state index is 0.0756. The molecular weight excluding hydrogens is 343 g/mol. The molecule has 2 aromatic carbocycles. The van der Waals surface area contributed by atoms with Gasteiger partial charge in [-0.3, -0.25) is 4.57 Å². The van der Waals surface area contributed by atoms with Crippen LogP contribution in [0, 0.1) is 6.92 Å². The number of nitrogens with zero attached hydrogens (tertiary/aromatic N) is 2. The first kappa shape index (κ1) is 18.0. The lowest BCUT2D eigenvalue weighted by atomic mass is 10.1. The quantitative estimate of drug-likeness (QED) is 0.696. The molecule has 0 saturated heterocycles. The van der Waals surface area contributed by atoms with Crippen LogP contribution in [-0.2, 0) is 6.18 Å². The molecule has 0 atom stereocenters. The van der Waals surface area contributed by atoms with Gasteiger partial charge in [0.05, 0.1) is 16.8 Å². The van der Waals surface area contributed by atoms with Crippen LogP contribution in [-0.4, -0.2) is 9.55 Å². The summed E-state index contributed by atoms with van der Waals surface area (Å²) >= 11 is 0. The average Bonchev–Trinajstić information content (AvgIpc) is 3.44. The van der Waals surface area contributed by atoms with Crippen molar-refractivity contribution in [2.75, 3.05) is 5.73 Å². The molecule has 1 aliphatic rings. The summed E-state index contributed by atoms with van der Waals surface area (Å²) in [5.41, 5.74) is 5.41. The van der Waals surface area contributed by atoms with Gasteiger partial charge in [-0.1, -0.05) is 37.5 Å². The molecule has 136 valence electrons. The van der Waals surface area contributed by atoms with Gasteiger partial charge >= 0.3 is 11.9 Å². The number of anilines is 1. The highest BCUT2D eigenvalue weighted by Crippen LogP contribution is 2.32. The van der Waals surface area contributed by atoms with Crippen molar-refractivity contribution in [1.29, 1.82) is 0 Å². The van der Waals surface area contributed by atoms with Crippen LogP contribution in [0.2, 0.25) is 0 Å². The molecule has 7 heteroatoms. The largest absolute Gasteiger partial charge is 0.416 e. The molecule has 0 unspecified atom stereocenters. The van der Waals surface area contributed by atoms with Crippen LogP contribution in [0.5, 0.6) is 0 Å². The van der Waals surface area contributed by atoms with Gasteiger partial charge in [-0.15, -0.1) is 0 Å². The van der Waals surface area contributed by atoms with E-state index in [0.29, 0.717) is 11.1 Å². The zero-order chi connectivity index (χ0) is 18.9. The van der Waals surface area contributed by atoms with Crippen LogP contribution in [0.1, 0.15) is 30.4 Å². The number of halogens is 3. The molecule has 0 radical (unpaired) electrons. The molecule has 1 fully saturated rings. The maximum Gasteiger partial charge on any atom is 0.416 e.